The molecule has 0 radical (unpaired) electrons. The summed E-state index contributed by atoms with van der Waals surface area (Å²) in [5.41, 5.74) is 1.47. The normalized spacial score (nSPS) is 25.8. The molecule has 2 fully saturated rings. The molecule has 1 amide bonds. The Hall–Kier alpha value is -1.55. The van der Waals surface area contributed by atoms with Gasteiger partial charge in [-0.2, -0.15) is 0 Å². The minimum atomic E-state index is 0.139. The molecule has 0 aromatic heterocycles. The zero-order valence-electron chi connectivity index (χ0n) is 14.4. The van der Waals surface area contributed by atoms with Crippen LogP contribution in [0.5, 0.6) is 5.75 Å². The van der Waals surface area contributed by atoms with E-state index in [4.69, 9.17) is 4.74 Å². The highest BCUT2D eigenvalue weighted by Crippen LogP contribution is 2.39. The van der Waals surface area contributed by atoms with E-state index in [0.717, 1.165) is 57.6 Å². The molecule has 1 aromatic rings. The Bertz CT molecular complexity index is 543. The van der Waals surface area contributed by atoms with Crippen LogP contribution in [0.3, 0.4) is 0 Å². The first-order valence-corrected chi connectivity index (χ1v) is 8.82. The van der Waals surface area contributed by atoms with Crippen molar-refractivity contribution in [2.24, 2.45) is 0 Å². The molecule has 2 heterocycles. The summed E-state index contributed by atoms with van der Waals surface area (Å²) in [6.45, 7) is 6.16. The van der Waals surface area contributed by atoms with E-state index in [-0.39, 0.29) is 5.54 Å². The maximum atomic E-state index is 12.1. The molecule has 1 aromatic carbocycles. The molecule has 4 heteroatoms. The molecular formula is C19H28N2O2. The van der Waals surface area contributed by atoms with Crippen molar-refractivity contribution in [2.75, 3.05) is 26.7 Å². The van der Waals surface area contributed by atoms with Gasteiger partial charge >= 0.3 is 0 Å². The summed E-state index contributed by atoms with van der Waals surface area (Å²) in [6, 6.07) is 8.36. The maximum absolute atomic E-state index is 12.1. The quantitative estimate of drug-likeness (QED) is 0.856. The first-order valence-electron chi connectivity index (χ1n) is 8.82. The second kappa shape index (κ2) is 6.91. The average molecular weight is 316 g/mol. The third-order valence-electron chi connectivity index (χ3n) is 5.57. The van der Waals surface area contributed by atoms with Crippen LogP contribution < -0.4 is 4.74 Å². The Kier molecular flexibility index (Phi) is 4.90. The lowest BCUT2D eigenvalue weighted by Gasteiger charge is -2.37. The Labute approximate surface area is 139 Å². The van der Waals surface area contributed by atoms with Gasteiger partial charge in [0.05, 0.1) is 7.11 Å². The van der Waals surface area contributed by atoms with E-state index in [0.29, 0.717) is 5.91 Å². The van der Waals surface area contributed by atoms with Crippen LogP contribution in [0, 0.1) is 0 Å². The fourth-order valence-electron chi connectivity index (χ4n) is 4.29. The van der Waals surface area contributed by atoms with Gasteiger partial charge in [-0.15, -0.1) is 0 Å². The average Bonchev–Trinajstić information content (AvgIpc) is 2.75. The summed E-state index contributed by atoms with van der Waals surface area (Å²) in [5, 5.41) is 0. The van der Waals surface area contributed by atoms with Gasteiger partial charge in [0.15, 0.2) is 0 Å². The smallest absolute Gasteiger partial charge is 0.223 e. The third-order valence-corrected chi connectivity index (χ3v) is 5.57. The Morgan fingerprint density at radius 2 is 1.91 bits per heavy atom. The number of benzene rings is 1. The van der Waals surface area contributed by atoms with Crippen molar-refractivity contribution in [2.45, 2.75) is 51.1 Å². The SMILES string of the molecule is CCN1C(=O)CC[C@]12CCCN(Cc1ccc(OC)cc1)CC2. The Morgan fingerprint density at radius 3 is 2.61 bits per heavy atom. The van der Waals surface area contributed by atoms with Gasteiger partial charge in [0.2, 0.25) is 5.91 Å². The van der Waals surface area contributed by atoms with Gasteiger partial charge in [-0.05, 0) is 56.8 Å². The number of likely N-dealkylation sites (tertiary alicyclic amines) is 2. The molecule has 1 atom stereocenters. The second-order valence-electron chi connectivity index (χ2n) is 6.84. The van der Waals surface area contributed by atoms with E-state index in [1.54, 1.807) is 7.11 Å². The Balaban J connectivity index is 1.63. The zero-order chi connectivity index (χ0) is 16.3. The van der Waals surface area contributed by atoms with Crippen molar-refractivity contribution >= 4 is 5.91 Å². The van der Waals surface area contributed by atoms with E-state index in [1.165, 1.54) is 12.0 Å². The highest BCUT2D eigenvalue weighted by atomic mass is 16.5. The third kappa shape index (κ3) is 3.37. The molecule has 4 nitrogen and oxygen atoms in total. The summed E-state index contributed by atoms with van der Waals surface area (Å²) < 4.78 is 5.23. The van der Waals surface area contributed by atoms with Crippen molar-refractivity contribution in [3.05, 3.63) is 29.8 Å². The number of ether oxygens (including phenoxy) is 1. The van der Waals surface area contributed by atoms with Crippen LogP contribution in [0.4, 0.5) is 0 Å². The number of hydrogen-bond acceptors (Lipinski definition) is 3. The predicted molar refractivity (Wildman–Crippen MR) is 91.5 cm³/mol. The molecule has 0 bridgehead atoms. The van der Waals surface area contributed by atoms with Crippen LogP contribution in [0.25, 0.3) is 0 Å². The standard InChI is InChI=1S/C19H28N2O2/c1-3-21-18(22)9-11-19(21)10-4-13-20(14-12-19)15-16-5-7-17(23-2)8-6-16/h5-8H,3-4,9-15H2,1-2H3/t19-/m0/s1. The topological polar surface area (TPSA) is 32.8 Å². The summed E-state index contributed by atoms with van der Waals surface area (Å²) in [4.78, 5) is 16.8. The van der Waals surface area contributed by atoms with Gasteiger partial charge < -0.3 is 9.64 Å². The van der Waals surface area contributed by atoms with E-state index >= 15 is 0 Å². The van der Waals surface area contributed by atoms with Gasteiger partial charge in [0, 0.05) is 31.6 Å². The van der Waals surface area contributed by atoms with E-state index < -0.39 is 0 Å². The lowest BCUT2D eigenvalue weighted by Crippen LogP contribution is -2.46. The van der Waals surface area contributed by atoms with Crippen molar-refractivity contribution < 1.29 is 9.53 Å². The second-order valence-corrected chi connectivity index (χ2v) is 6.84. The van der Waals surface area contributed by atoms with E-state index in [9.17, 15) is 4.79 Å². The molecular weight excluding hydrogens is 288 g/mol. The van der Waals surface area contributed by atoms with Crippen LogP contribution >= 0.6 is 0 Å². The van der Waals surface area contributed by atoms with Crippen LogP contribution in [-0.4, -0.2) is 48.0 Å². The van der Waals surface area contributed by atoms with Crippen LogP contribution in [-0.2, 0) is 11.3 Å². The lowest BCUT2D eigenvalue weighted by molar-refractivity contribution is -0.131. The minimum absolute atomic E-state index is 0.139. The molecule has 3 rings (SSSR count). The summed E-state index contributed by atoms with van der Waals surface area (Å²) in [5.74, 6) is 1.27. The highest BCUT2D eigenvalue weighted by molar-refractivity contribution is 5.79. The van der Waals surface area contributed by atoms with Crippen LogP contribution in [0.15, 0.2) is 24.3 Å². The molecule has 1 spiro atoms. The van der Waals surface area contributed by atoms with E-state index in [2.05, 4.69) is 28.9 Å². The van der Waals surface area contributed by atoms with E-state index in [1.807, 2.05) is 12.1 Å². The summed E-state index contributed by atoms with van der Waals surface area (Å²) in [6.07, 6.45) is 5.25. The van der Waals surface area contributed by atoms with Crippen molar-refractivity contribution in [1.29, 1.82) is 0 Å². The fourth-order valence-corrected chi connectivity index (χ4v) is 4.29. The van der Waals surface area contributed by atoms with Gasteiger partial charge in [0.25, 0.3) is 0 Å². The molecule has 2 aliphatic rings. The van der Waals surface area contributed by atoms with Crippen molar-refractivity contribution in [3.8, 4) is 5.75 Å². The summed E-state index contributed by atoms with van der Waals surface area (Å²) >= 11 is 0. The van der Waals surface area contributed by atoms with Crippen molar-refractivity contribution in [3.63, 3.8) is 0 Å². The largest absolute Gasteiger partial charge is 0.497 e. The summed E-state index contributed by atoms with van der Waals surface area (Å²) in [7, 11) is 1.70. The number of nitrogens with zero attached hydrogens (tertiary/aromatic N) is 2. The number of amides is 1. The number of methoxy groups -OCH3 is 1. The molecule has 2 saturated heterocycles. The fraction of sp³-hybridized carbons (Fsp3) is 0.632. The molecule has 126 valence electrons. The van der Waals surface area contributed by atoms with Gasteiger partial charge in [0.1, 0.15) is 5.75 Å². The first kappa shape index (κ1) is 16.3. The maximum Gasteiger partial charge on any atom is 0.223 e. The highest BCUT2D eigenvalue weighted by Gasteiger charge is 2.44. The Morgan fingerprint density at radius 1 is 1.13 bits per heavy atom. The van der Waals surface area contributed by atoms with Gasteiger partial charge in [-0.3, -0.25) is 9.69 Å². The molecule has 0 N–H and O–H groups in total. The number of rotatable bonds is 4. The van der Waals surface area contributed by atoms with Gasteiger partial charge in [-0.25, -0.2) is 0 Å². The molecule has 0 unspecified atom stereocenters. The lowest BCUT2D eigenvalue weighted by atomic mass is 9.88. The van der Waals surface area contributed by atoms with Crippen LogP contribution in [0.2, 0.25) is 0 Å². The molecule has 0 aliphatic carbocycles. The molecule has 23 heavy (non-hydrogen) atoms. The molecule has 2 aliphatic heterocycles. The predicted octanol–water partition coefficient (Wildman–Crippen LogP) is 3.06. The van der Waals surface area contributed by atoms with Gasteiger partial charge in [-0.1, -0.05) is 12.1 Å². The zero-order valence-corrected chi connectivity index (χ0v) is 14.4. The minimum Gasteiger partial charge on any atom is -0.497 e. The number of carbonyl (C=O) groups is 1. The monoisotopic (exact) mass is 316 g/mol. The van der Waals surface area contributed by atoms with Crippen molar-refractivity contribution in [1.82, 2.24) is 9.80 Å². The number of carbonyl (C=O) groups excluding carboxylic acids is 1. The first-order chi connectivity index (χ1) is 11.2. The van der Waals surface area contributed by atoms with Crippen LogP contribution in [0.1, 0.15) is 44.6 Å². The molecule has 0 saturated carbocycles. The number of hydrogen-bond donors (Lipinski definition) is 0.